The average molecular weight is 278 g/mol. The van der Waals surface area contributed by atoms with Gasteiger partial charge in [-0.25, -0.2) is 4.98 Å². The minimum Gasteiger partial charge on any atom is -0.397 e. The minimum atomic E-state index is -0.309. The molecule has 0 unspecified atom stereocenters. The highest BCUT2D eigenvalue weighted by Crippen LogP contribution is 2.10. The Balaban J connectivity index is 2.77. The van der Waals surface area contributed by atoms with Gasteiger partial charge in [-0.1, -0.05) is 13.8 Å². The molecule has 1 heterocycles. The molecule has 0 saturated carbocycles. The summed E-state index contributed by atoms with van der Waals surface area (Å²) in [4.78, 5) is 29.6. The van der Waals surface area contributed by atoms with Crippen molar-refractivity contribution in [1.29, 1.82) is 0 Å². The van der Waals surface area contributed by atoms with Crippen LogP contribution in [-0.2, 0) is 4.79 Å². The summed E-state index contributed by atoms with van der Waals surface area (Å²) in [5.41, 5.74) is 6.28. The van der Waals surface area contributed by atoms with Gasteiger partial charge >= 0.3 is 0 Å². The minimum absolute atomic E-state index is 0.0304. The lowest BCUT2D eigenvalue weighted by Crippen LogP contribution is -2.41. The fourth-order valence-corrected chi connectivity index (χ4v) is 1.76. The Labute approximate surface area is 119 Å². The van der Waals surface area contributed by atoms with Crippen LogP contribution in [0.2, 0.25) is 0 Å². The van der Waals surface area contributed by atoms with Gasteiger partial charge in [0.05, 0.1) is 12.2 Å². The van der Waals surface area contributed by atoms with Crippen LogP contribution < -0.4 is 11.1 Å². The summed E-state index contributed by atoms with van der Waals surface area (Å²) < 4.78 is 0. The van der Waals surface area contributed by atoms with E-state index in [9.17, 15) is 9.59 Å². The van der Waals surface area contributed by atoms with Crippen molar-refractivity contribution in [1.82, 2.24) is 15.2 Å². The average Bonchev–Trinajstić information content (AvgIpc) is 2.44. The van der Waals surface area contributed by atoms with Crippen molar-refractivity contribution in [3.63, 3.8) is 0 Å². The van der Waals surface area contributed by atoms with Gasteiger partial charge in [-0.15, -0.1) is 0 Å². The van der Waals surface area contributed by atoms with Crippen molar-refractivity contribution < 1.29 is 9.59 Å². The maximum Gasteiger partial charge on any atom is 0.275 e. The largest absolute Gasteiger partial charge is 0.397 e. The lowest BCUT2D eigenvalue weighted by molar-refractivity contribution is -0.121. The van der Waals surface area contributed by atoms with Crippen molar-refractivity contribution in [2.75, 3.05) is 25.4 Å². The number of hydrogen-bond donors (Lipinski definition) is 2. The number of nitrogen functional groups attached to an aromatic ring is 1. The third-order valence-electron chi connectivity index (χ3n) is 2.73. The second-order valence-corrected chi connectivity index (χ2v) is 4.52. The molecule has 3 N–H and O–H groups in total. The number of anilines is 1. The Morgan fingerprint density at radius 3 is 2.70 bits per heavy atom. The van der Waals surface area contributed by atoms with Gasteiger partial charge in [0.2, 0.25) is 5.91 Å². The van der Waals surface area contributed by atoms with E-state index in [0.717, 1.165) is 12.8 Å². The van der Waals surface area contributed by atoms with Crippen molar-refractivity contribution >= 4 is 17.5 Å². The zero-order valence-electron chi connectivity index (χ0n) is 12.1. The maximum atomic E-state index is 12.4. The zero-order chi connectivity index (χ0) is 15.0. The van der Waals surface area contributed by atoms with Crippen molar-refractivity contribution in [3.05, 3.63) is 24.0 Å². The number of nitrogens with one attached hydrogen (secondary N) is 1. The molecule has 2 amide bonds. The molecule has 0 spiro atoms. The Morgan fingerprint density at radius 2 is 2.10 bits per heavy atom. The van der Waals surface area contributed by atoms with Crippen LogP contribution in [0.5, 0.6) is 0 Å². The van der Waals surface area contributed by atoms with Gasteiger partial charge in [0, 0.05) is 19.3 Å². The molecule has 0 atom stereocenters. The lowest BCUT2D eigenvalue weighted by Gasteiger charge is -2.21. The quantitative estimate of drug-likeness (QED) is 0.780. The number of carbonyl (C=O) groups excluding carboxylic acids is 2. The van der Waals surface area contributed by atoms with E-state index in [1.54, 1.807) is 12.1 Å². The Morgan fingerprint density at radius 1 is 1.35 bits per heavy atom. The number of aromatic nitrogens is 1. The van der Waals surface area contributed by atoms with E-state index in [4.69, 9.17) is 5.73 Å². The lowest BCUT2D eigenvalue weighted by atomic mass is 10.2. The molecule has 0 bridgehead atoms. The summed E-state index contributed by atoms with van der Waals surface area (Å²) >= 11 is 0. The van der Waals surface area contributed by atoms with Gasteiger partial charge < -0.3 is 16.0 Å². The van der Waals surface area contributed by atoms with E-state index < -0.39 is 0 Å². The Hall–Kier alpha value is -2.11. The van der Waals surface area contributed by atoms with E-state index in [0.29, 0.717) is 18.8 Å². The van der Waals surface area contributed by atoms with Gasteiger partial charge in [0.15, 0.2) is 5.69 Å². The molecule has 0 aliphatic heterocycles. The SMILES string of the molecule is CCCNC(=O)CN(CCC)C(=O)c1ncccc1N. The molecule has 0 saturated heterocycles. The highest BCUT2D eigenvalue weighted by Gasteiger charge is 2.20. The summed E-state index contributed by atoms with van der Waals surface area (Å²) in [7, 11) is 0. The molecular formula is C14H22N4O2. The zero-order valence-corrected chi connectivity index (χ0v) is 12.1. The van der Waals surface area contributed by atoms with Crippen LogP contribution in [0, 0.1) is 0 Å². The van der Waals surface area contributed by atoms with Crippen LogP contribution in [0.1, 0.15) is 37.2 Å². The van der Waals surface area contributed by atoms with Crippen LogP contribution in [0.15, 0.2) is 18.3 Å². The molecule has 6 heteroatoms. The first-order chi connectivity index (χ1) is 9.60. The van der Waals surface area contributed by atoms with E-state index >= 15 is 0 Å². The molecule has 0 aliphatic rings. The summed E-state index contributed by atoms with van der Waals surface area (Å²) in [5, 5.41) is 2.76. The van der Waals surface area contributed by atoms with Gasteiger partial charge in [0.1, 0.15) is 0 Å². The molecule has 110 valence electrons. The predicted molar refractivity (Wildman–Crippen MR) is 78.1 cm³/mol. The molecule has 0 fully saturated rings. The van der Waals surface area contributed by atoms with Crippen LogP contribution >= 0.6 is 0 Å². The number of hydrogen-bond acceptors (Lipinski definition) is 4. The molecule has 0 radical (unpaired) electrons. The van der Waals surface area contributed by atoms with Crippen LogP contribution in [-0.4, -0.2) is 41.3 Å². The van der Waals surface area contributed by atoms with E-state index in [2.05, 4.69) is 10.3 Å². The van der Waals surface area contributed by atoms with Gasteiger partial charge in [-0.2, -0.15) is 0 Å². The third kappa shape index (κ3) is 4.53. The standard InChI is InChI=1S/C14H22N4O2/c1-3-7-16-12(19)10-18(9-4-2)14(20)13-11(15)6-5-8-17-13/h5-6,8H,3-4,7,9-10,15H2,1-2H3,(H,16,19). The second-order valence-electron chi connectivity index (χ2n) is 4.52. The monoisotopic (exact) mass is 278 g/mol. The number of carbonyl (C=O) groups is 2. The van der Waals surface area contributed by atoms with Crippen LogP contribution in [0.4, 0.5) is 5.69 Å². The summed E-state index contributed by atoms with van der Waals surface area (Å²) in [6.45, 7) is 5.06. The highest BCUT2D eigenvalue weighted by molar-refractivity contribution is 5.98. The molecule has 0 aromatic carbocycles. The number of amides is 2. The molecule has 1 rings (SSSR count). The molecule has 20 heavy (non-hydrogen) atoms. The fraction of sp³-hybridized carbons (Fsp3) is 0.500. The predicted octanol–water partition coefficient (Wildman–Crippen LogP) is 1.04. The number of nitrogens with zero attached hydrogens (tertiary/aromatic N) is 2. The first-order valence-corrected chi connectivity index (χ1v) is 6.86. The van der Waals surface area contributed by atoms with Crippen molar-refractivity contribution in [3.8, 4) is 0 Å². The van der Waals surface area contributed by atoms with Gasteiger partial charge in [0.25, 0.3) is 5.91 Å². The first kappa shape index (κ1) is 15.9. The number of nitrogens with two attached hydrogens (primary N) is 1. The molecule has 6 nitrogen and oxygen atoms in total. The highest BCUT2D eigenvalue weighted by atomic mass is 16.2. The summed E-state index contributed by atoms with van der Waals surface area (Å²) in [5.74, 6) is -0.472. The summed E-state index contributed by atoms with van der Waals surface area (Å²) in [6, 6.07) is 3.30. The summed E-state index contributed by atoms with van der Waals surface area (Å²) in [6.07, 6.45) is 3.14. The smallest absolute Gasteiger partial charge is 0.275 e. The molecule has 1 aromatic rings. The Bertz CT molecular complexity index is 462. The van der Waals surface area contributed by atoms with Gasteiger partial charge in [-0.05, 0) is 25.0 Å². The van der Waals surface area contributed by atoms with E-state index in [1.165, 1.54) is 11.1 Å². The maximum absolute atomic E-state index is 12.4. The molecule has 0 aliphatic carbocycles. The van der Waals surface area contributed by atoms with Crippen molar-refractivity contribution in [2.45, 2.75) is 26.7 Å². The normalized spacial score (nSPS) is 10.1. The fourth-order valence-electron chi connectivity index (χ4n) is 1.76. The number of pyridine rings is 1. The second kappa shape index (κ2) is 8.14. The van der Waals surface area contributed by atoms with Gasteiger partial charge in [-0.3, -0.25) is 9.59 Å². The van der Waals surface area contributed by atoms with Crippen LogP contribution in [0.25, 0.3) is 0 Å². The topological polar surface area (TPSA) is 88.3 Å². The number of rotatable bonds is 7. The van der Waals surface area contributed by atoms with Crippen LogP contribution in [0.3, 0.4) is 0 Å². The van der Waals surface area contributed by atoms with E-state index in [-0.39, 0.29) is 24.1 Å². The van der Waals surface area contributed by atoms with Crippen molar-refractivity contribution in [2.24, 2.45) is 0 Å². The first-order valence-electron chi connectivity index (χ1n) is 6.86. The Kier molecular flexibility index (Phi) is 6.49. The molecule has 1 aromatic heterocycles. The third-order valence-corrected chi connectivity index (χ3v) is 2.73. The van der Waals surface area contributed by atoms with E-state index in [1.807, 2.05) is 13.8 Å². The molecular weight excluding hydrogens is 256 g/mol.